The maximum atomic E-state index is 13.4. The molecule has 0 heterocycles. The molecule has 3 atom stereocenters. The first-order chi connectivity index (χ1) is 14.2. The van der Waals surface area contributed by atoms with Gasteiger partial charge in [-0.15, -0.1) is 0 Å². The number of nitrogens with one attached hydrogen (secondary N) is 2. The Morgan fingerprint density at radius 1 is 1.23 bits per heavy atom. The van der Waals surface area contributed by atoms with Crippen LogP contribution >= 0.6 is 0 Å². The van der Waals surface area contributed by atoms with Gasteiger partial charge in [-0.25, -0.2) is 5.84 Å². The standard InChI is InChI=1S/C21H28F3N5O/c1-13(20-10-5-6-14(12-20)15(9-11-20)19(30)27-25)28-29-18(26-2)16-7-3-4-8-17(16)21(22,23)24/h3-4,7-8,14-15H,5-6,9-12,25H2,1-2H3,(H,26,29)(H,27,30)/b28-13+. The zero-order valence-corrected chi connectivity index (χ0v) is 17.2. The third-order valence-electron chi connectivity index (χ3n) is 6.67. The summed E-state index contributed by atoms with van der Waals surface area (Å²) >= 11 is 0. The Kier molecular flexibility index (Phi) is 6.50. The van der Waals surface area contributed by atoms with Gasteiger partial charge in [-0.2, -0.15) is 18.3 Å². The summed E-state index contributed by atoms with van der Waals surface area (Å²) < 4.78 is 40.1. The second-order valence-corrected chi connectivity index (χ2v) is 8.22. The molecule has 30 heavy (non-hydrogen) atoms. The van der Waals surface area contributed by atoms with E-state index in [1.54, 1.807) is 6.07 Å². The zero-order chi connectivity index (χ0) is 21.9. The number of carbonyl (C=O) groups is 1. The second-order valence-electron chi connectivity index (χ2n) is 8.22. The first-order valence-corrected chi connectivity index (χ1v) is 10.2. The topological polar surface area (TPSA) is 91.9 Å². The van der Waals surface area contributed by atoms with Gasteiger partial charge in [-0.05, 0) is 51.0 Å². The van der Waals surface area contributed by atoms with Crippen molar-refractivity contribution in [2.75, 3.05) is 7.05 Å². The van der Waals surface area contributed by atoms with Gasteiger partial charge in [0.1, 0.15) is 5.84 Å². The molecule has 2 fully saturated rings. The molecular weight excluding hydrogens is 395 g/mol. The molecule has 0 aromatic heterocycles. The van der Waals surface area contributed by atoms with Crippen molar-refractivity contribution in [3.8, 4) is 0 Å². The van der Waals surface area contributed by atoms with Gasteiger partial charge in [0.15, 0.2) is 0 Å². The fourth-order valence-electron chi connectivity index (χ4n) is 5.03. The minimum Gasteiger partial charge on any atom is -0.294 e. The first kappa shape index (κ1) is 22.3. The molecule has 0 aliphatic heterocycles. The highest BCUT2D eigenvalue weighted by Gasteiger charge is 2.47. The molecule has 2 aliphatic carbocycles. The summed E-state index contributed by atoms with van der Waals surface area (Å²) in [7, 11) is 1.44. The van der Waals surface area contributed by atoms with Crippen LogP contribution in [0.15, 0.2) is 34.4 Å². The number of rotatable bonds is 4. The molecule has 1 aromatic rings. The number of hydrazine groups is 1. The van der Waals surface area contributed by atoms with E-state index >= 15 is 0 Å². The Balaban J connectivity index is 1.80. The largest absolute Gasteiger partial charge is 0.417 e. The molecule has 3 unspecified atom stereocenters. The number of amidine groups is 1. The summed E-state index contributed by atoms with van der Waals surface area (Å²) in [6, 6.07) is 5.31. The van der Waals surface area contributed by atoms with Crippen LogP contribution in [0, 0.1) is 17.3 Å². The summed E-state index contributed by atoms with van der Waals surface area (Å²) in [4.78, 5) is 16.1. The van der Waals surface area contributed by atoms with Gasteiger partial charge < -0.3 is 0 Å². The number of alkyl halides is 3. The maximum Gasteiger partial charge on any atom is 0.417 e. The number of benzene rings is 1. The molecule has 9 heteroatoms. The molecule has 3 rings (SSSR count). The zero-order valence-electron chi connectivity index (χ0n) is 17.2. The first-order valence-electron chi connectivity index (χ1n) is 10.2. The highest BCUT2D eigenvalue weighted by molar-refractivity contribution is 6.01. The Hall–Kier alpha value is -2.42. The van der Waals surface area contributed by atoms with E-state index in [-0.39, 0.29) is 34.6 Å². The van der Waals surface area contributed by atoms with E-state index in [2.05, 4.69) is 20.9 Å². The van der Waals surface area contributed by atoms with E-state index in [1.165, 1.54) is 19.2 Å². The van der Waals surface area contributed by atoms with Crippen molar-refractivity contribution in [3.63, 3.8) is 0 Å². The van der Waals surface area contributed by atoms with E-state index in [1.807, 2.05) is 6.92 Å². The van der Waals surface area contributed by atoms with Crippen LogP contribution in [0.2, 0.25) is 0 Å². The monoisotopic (exact) mass is 423 g/mol. The van der Waals surface area contributed by atoms with Gasteiger partial charge in [0.05, 0.1) is 5.56 Å². The summed E-state index contributed by atoms with van der Waals surface area (Å²) in [5.41, 5.74) is 4.95. The number of nitrogens with two attached hydrogens (primary N) is 1. The minimum absolute atomic E-state index is 0.0357. The van der Waals surface area contributed by atoms with Crippen LogP contribution < -0.4 is 16.7 Å². The normalized spacial score (nSPS) is 27.5. The molecule has 6 nitrogen and oxygen atoms in total. The van der Waals surface area contributed by atoms with Crippen molar-refractivity contribution < 1.29 is 18.0 Å². The van der Waals surface area contributed by atoms with Crippen molar-refractivity contribution in [3.05, 3.63) is 35.4 Å². The maximum absolute atomic E-state index is 13.4. The van der Waals surface area contributed by atoms with Gasteiger partial charge in [0.25, 0.3) is 0 Å². The molecule has 2 bridgehead atoms. The molecule has 4 N–H and O–H groups in total. The number of aliphatic imine (C=N–C) groups is 1. The molecule has 0 radical (unpaired) electrons. The minimum atomic E-state index is -4.48. The van der Waals surface area contributed by atoms with Gasteiger partial charge in [-0.3, -0.25) is 20.6 Å². The predicted molar refractivity (Wildman–Crippen MR) is 110 cm³/mol. The lowest BCUT2D eigenvalue weighted by Crippen LogP contribution is -2.48. The summed E-state index contributed by atoms with van der Waals surface area (Å²) in [6.45, 7) is 1.90. The molecule has 2 aliphatic rings. The van der Waals surface area contributed by atoms with Crippen LogP contribution in [0.3, 0.4) is 0 Å². The quantitative estimate of drug-likeness (QED) is 0.227. The number of nitrogens with zero attached hydrogens (tertiary/aromatic N) is 2. The smallest absolute Gasteiger partial charge is 0.294 e. The fourth-order valence-corrected chi connectivity index (χ4v) is 5.03. The molecule has 2 saturated carbocycles. The number of fused-ring (bicyclic) bond motifs is 2. The third kappa shape index (κ3) is 4.35. The summed E-state index contributed by atoms with van der Waals surface area (Å²) in [6.07, 6.45) is 0.792. The van der Waals surface area contributed by atoms with Crippen molar-refractivity contribution >= 4 is 17.5 Å². The van der Waals surface area contributed by atoms with Crippen molar-refractivity contribution in [1.29, 1.82) is 0 Å². The van der Waals surface area contributed by atoms with Gasteiger partial charge >= 0.3 is 6.18 Å². The van der Waals surface area contributed by atoms with Crippen LogP contribution in [0.5, 0.6) is 0 Å². The van der Waals surface area contributed by atoms with Crippen molar-refractivity contribution in [1.82, 2.24) is 10.9 Å². The number of carbonyl (C=O) groups excluding carboxylic acids is 1. The number of hydrazone groups is 1. The predicted octanol–water partition coefficient (Wildman–Crippen LogP) is 3.62. The average Bonchev–Trinajstić information content (AvgIpc) is 2.73. The molecule has 1 aromatic carbocycles. The Labute approximate surface area is 174 Å². The molecule has 1 amide bonds. The molecule has 164 valence electrons. The van der Waals surface area contributed by atoms with Gasteiger partial charge in [-0.1, -0.05) is 24.6 Å². The van der Waals surface area contributed by atoms with Crippen LogP contribution in [0.1, 0.15) is 56.6 Å². The van der Waals surface area contributed by atoms with Crippen molar-refractivity contribution in [2.24, 2.45) is 33.2 Å². The molecule has 0 spiro atoms. The number of amides is 1. The number of hydrogen-bond acceptors (Lipinski definition) is 4. The van der Waals surface area contributed by atoms with E-state index < -0.39 is 11.7 Å². The molecular formula is C21H28F3N5O. The molecule has 0 saturated heterocycles. The number of hydrogen-bond donors (Lipinski definition) is 3. The fraction of sp³-hybridized carbons (Fsp3) is 0.571. The lowest BCUT2D eigenvalue weighted by molar-refractivity contribution is -0.137. The van der Waals surface area contributed by atoms with E-state index in [4.69, 9.17) is 5.84 Å². The second kappa shape index (κ2) is 8.75. The highest BCUT2D eigenvalue weighted by Crippen LogP contribution is 2.52. The van der Waals surface area contributed by atoms with E-state index in [0.29, 0.717) is 0 Å². The van der Waals surface area contributed by atoms with Crippen LogP contribution in [-0.2, 0) is 11.0 Å². The van der Waals surface area contributed by atoms with E-state index in [0.717, 1.165) is 50.3 Å². The number of halogens is 3. The van der Waals surface area contributed by atoms with Crippen LogP contribution in [-0.4, -0.2) is 24.5 Å². The Bertz CT molecular complexity index is 851. The summed E-state index contributed by atoms with van der Waals surface area (Å²) in [5, 5.41) is 4.46. The average molecular weight is 423 g/mol. The SMILES string of the molecule is CN=C(N/N=C(\C)C12CCCC(C1)C(C(=O)NN)CC2)c1ccccc1C(F)(F)F. The Morgan fingerprint density at radius 3 is 2.63 bits per heavy atom. The van der Waals surface area contributed by atoms with Crippen molar-refractivity contribution in [2.45, 2.75) is 51.6 Å². The van der Waals surface area contributed by atoms with E-state index in [9.17, 15) is 18.0 Å². The third-order valence-corrected chi connectivity index (χ3v) is 6.67. The van der Waals surface area contributed by atoms with Gasteiger partial charge in [0, 0.05) is 29.7 Å². The van der Waals surface area contributed by atoms with Gasteiger partial charge in [0.2, 0.25) is 5.91 Å². The summed E-state index contributed by atoms with van der Waals surface area (Å²) in [5.74, 6) is 5.44. The Morgan fingerprint density at radius 2 is 1.97 bits per heavy atom. The van der Waals surface area contributed by atoms with Crippen LogP contribution in [0.25, 0.3) is 0 Å². The van der Waals surface area contributed by atoms with Crippen LogP contribution in [0.4, 0.5) is 13.2 Å². The highest BCUT2D eigenvalue weighted by atomic mass is 19.4. The lowest BCUT2D eigenvalue weighted by Gasteiger charge is -2.48. The lowest BCUT2D eigenvalue weighted by atomic mass is 9.57.